The molecule has 2 heterocycles. The van der Waals surface area contributed by atoms with E-state index < -0.39 is 0 Å². The summed E-state index contributed by atoms with van der Waals surface area (Å²) in [5.74, 6) is 0. The average Bonchev–Trinajstić information content (AvgIpc) is 2.61. The SMILES string of the molecule is CCN1CCCC(CN)(N2CCOC(C)C2)CC1. The Hall–Kier alpha value is -0.160. The van der Waals surface area contributed by atoms with Crippen LogP contribution in [0.3, 0.4) is 0 Å². The number of nitrogens with zero attached hydrogens (tertiary/aromatic N) is 2. The molecule has 2 aliphatic heterocycles. The monoisotopic (exact) mass is 255 g/mol. The molecule has 0 aromatic carbocycles. The largest absolute Gasteiger partial charge is 0.376 e. The van der Waals surface area contributed by atoms with Crippen LogP contribution in [0.4, 0.5) is 0 Å². The van der Waals surface area contributed by atoms with Gasteiger partial charge in [-0.2, -0.15) is 0 Å². The molecule has 0 amide bonds. The van der Waals surface area contributed by atoms with Crippen LogP contribution in [0.25, 0.3) is 0 Å². The second kappa shape index (κ2) is 6.33. The molecule has 4 heteroatoms. The van der Waals surface area contributed by atoms with Crippen molar-refractivity contribution in [2.75, 3.05) is 45.9 Å². The smallest absolute Gasteiger partial charge is 0.0674 e. The van der Waals surface area contributed by atoms with Gasteiger partial charge in [-0.1, -0.05) is 6.92 Å². The zero-order valence-electron chi connectivity index (χ0n) is 12.0. The molecule has 0 aromatic rings. The van der Waals surface area contributed by atoms with E-state index in [-0.39, 0.29) is 5.54 Å². The Morgan fingerprint density at radius 1 is 1.28 bits per heavy atom. The fourth-order valence-electron chi connectivity index (χ4n) is 3.45. The fraction of sp³-hybridized carbons (Fsp3) is 1.00. The van der Waals surface area contributed by atoms with Crippen LogP contribution in [0.15, 0.2) is 0 Å². The summed E-state index contributed by atoms with van der Waals surface area (Å²) >= 11 is 0. The van der Waals surface area contributed by atoms with Crippen LogP contribution in [0.1, 0.15) is 33.1 Å². The Morgan fingerprint density at radius 2 is 2.11 bits per heavy atom. The number of morpholine rings is 1. The van der Waals surface area contributed by atoms with E-state index in [0.717, 1.165) is 26.2 Å². The summed E-state index contributed by atoms with van der Waals surface area (Å²) in [6.45, 7) is 11.8. The van der Waals surface area contributed by atoms with Crippen molar-refractivity contribution < 1.29 is 4.74 Å². The number of rotatable bonds is 3. The van der Waals surface area contributed by atoms with E-state index in [1.165, 1.54) is 38.9 Å². The van der Waals surface area contributed by atoms with E-state index in [9.17, 15) is 0 Å². The average molecular weight is 255 g/mol. The van der Waals surface area contributed by atoms with Crippen LogP contribution in [-0.2, 0) is 4.74 Å². The summed E-state index contributed by atoms with van der Waals surface area (Å²) in [5.41, 5.74) is 6.39. The van der Waals surface area contributed by atoms with Gasteiger partial charge < -0.3 is 15.4 Å². The second-order valence-electron chi connectivity index (χ2n) is 5.84. The van der Waals surface area contributed by atoms with Gasteiger partial charge >= 0.3 is 0 Å². The third kappa shape index (κ3) is 3.05. The van der Waals surface area contributed by atoms with Gasteiger partial charge in [0, 0.05) is 25.2 Å². The minimum atomic E-state index is 0.224. The molecular weight excluding hydrogens is 226 g/mol. The first-order valence-electron chi connectivity index (χ1n) is 7.49. The van der Waals surface area contributed by atoms with E-state index in [2.05, 4.69) is 23.6 Å². The number of ether oxygens (including phenoxy) is 1. The molecule has 0 spiro atoms. The van der Waals surface area contributed by atoms with Crippen LogP contribution in [0, 0.1) is 0 Å². The third-order valence-corrected chi connectivity index (χ3v) is 4.75. The maximum Gasteiger partial charge on any atom is 0.0674 e. The van der Waals surface area contributed by atoms with Gasteiger partial charge in [0.05, 0.1) is 12.7 Å². The maximum atomic E-state index is 6.17. The predicted octanol–water partition coefficient (Wildman–Crippen LogP) is 0.910. The summed E-state index contributed by atoms with van der Waals surface area (Å²) in [5, 5.41) is 0. The fourth-order valence-corrected chi connectivity index (χ4v) is 3.45. The van der Waals surface area contributed by atoms with Gasteiger partial charge in [-0.25, -0.2) is 0 Å². The number of likely N-dealkylation sites (tertiary alicyclic amines) is 1. The van der Waals surface area contributed by atoms with Gasteiger partial charge in [0.1, 0.15) is 0 Å². The van der Waals surface area contributed by atoms with E-state index in [4.69, 9.17) is 10.5 Å². The molecular formula is C14H29N3O. The zero-order chi connectivity index (χ0) is 13.0. The minimum Gasteiger partial charge on any atom is -0.376 e. The predicted molar refractivity (Wildman–Crippen MR) is 74.7 cm³/mol. The topological polar surface area (TPSA) is 41.7 Å². The normalized spacial score (nSPS) is 36.5. The van der Waals surface area contributed by atoms with Gasteiger partial charge in [0.15, 0.2) is 0 Å². The summed E-state index contributed by atoms with van der Waals surface area (Å²) in [4.78, 5) is 5.17. The number of nitrogens with two attached hydrogens (primary N) is 1. The highest BCUT2D eigenvalue weighted by Gasteiger charge is 2.38. The van der Waals surface area contributed by atoms with Crippen molar-refractivity contribution in [2.45, 2.75) is 44.8 Å². The van der Waals surface area contributed by atoms with Crippen molar-refractivity contribution in [1.29, 1.82) is 0 Å². The third-order valence-electron chi connectivity index (χ3n) is 4.75. The lowest BCUT2D eigenvalue weighted by atomic mass is 9.87. The highest BCUT2D eigenvalue weighted by molar-refractivity contribution is 4.96. The molecule has 0 radical (unpaired) electrons. The van der Waals surface area contributed by atoms with Crippen molar-refractivity contribution in [3.8, 4) is 0 Å². The van der Waals surface area contributed by atoms with Gasteiger partial charge in [-0.15, -0.1) is 0 Å². The molecule has 4 nitrogen and oxygen atoms in total. The Morgan fingerprint density at radius 3 is 2.78 bits per heavy atom. The van der Waals surface area contributed by atoms with Gasteiger partial charge in [-0.3, -0.25) is 4.90 Å². The second-order valence-corrected chi connectivity index (χ2v) is 5.84. The molecule has 2 fully saturated rings. The van der Waals surface area contributed by atoms with Crippen LogP contribution in [0.2, 0.25) is 0 Å². The van der Waals surface area contributed by atoms with Crippen molar-refractivity contribution >= 4 is 0 Å². The van der Waals surface area contributed by atoms with E-state index in [1.54, 1.807) is 0 Å². The molecule has 0 aromatic heterocycles. The van der Waals surface area contributed by atoms with Crippen LogP contribution < -0.4 is 5.73 Å². The van der Waals surface area contributed by atoms with Gasteiger partial charge in [0.25, 0.3) is 0 Å². The van der Waals surface area contributed by atoms with Crippen LogP contribution in [-0.4, -0.2) is 67.3 Å². The van der Waals surface area contributed by atoms with Crippen molar-refractivity contribution in [3.05, 3.63) is 0 Å². The Kier molecular flexibility index (Phi) is 5.01. The number of hydrogen-bond donors (Lipinski definition) is 1. The van der Waals surface area contributed by atoms with Crippen molar-refractivity contribution in [2.24, 2.45) is 5.73 Å². The zero-order valence-corrected chi connectivity index (χ0v) is 12.0. The van der Waals surface area contributed by atoms with E-state index in [0.29, 0.717) is 6.10 Å². The van der Waals surface area contributed by atoms with E-state index >= 15 is 0 Å². The molecule has 0 saturated carbocycles. The van der Waals surface area contributed by atoms with Crippen molar-refractivity contribution in [3.63, 3.8) is 0 Å². The van der Waals surface area contributed by atoms with Gasteiger partial charge in [0.2, 0.25) is 0 Å². The Balaban J connectivity index is 2.04. The lowest BCUT2D eigenvalue weighted by Gasteiger charge is -2.46. The minimum absolute atomic E-state index is 0.224. The van der Waals surface area contributed by atoms with Crippen molar-refractivity contribution in [1.82, 2.24) is 9.80 Å². The van der Waals surface area contributed by atoms with Crippen LogP contribution in [0.5, 0.6) is 0 Å². The van der Waals surface area contributed by atoms with Crippen LogP contribution >= 0.6 is 0 Å². The van der Waals surface area contributed by atoms with Gasteiger partial charge in [-0.05, 0) is 45.8 Å². The number of hydrogen-bond acceptors (Lipinski definition) is 4. The molecule has 18 heavy (non-hydrogen) atoms. The highest BCUT2D eigenvalue weighted by Crippen LogP contribution is 2.29. The summed E-state index contributed by atoms with van der Waals surface area (Å²) in [7, 11) is 0. The molecule has 2 N–H and O–H groups in total. The molecule has 2 rings (SSSR count). The Bertz CT molecular complexity index is 261. The molecule has 0 aliphatic carbocycles. The standard InChI is InChI=1S/C14H29N3O/c1-3-16-7-4-5-14(12-15,6-8-16)17-9-10-18-13(2)11-17/h13H,3-12,15H2,1-2H3. The quantitative estimate of drug-likeness (QED) is 0.814. The lowest BCUT2D eigenvalue weighted by molar-refractivity contribution is -0.0645. The summed E-state index contributed by atoms with van der Waals surface area (Å²) in [6.07, 6.45) is 4.08. The summed E-state index contributed by atoms with van der Waals surface area (Å²) < 4.78 is 5.67. The first-order chi connectivity index (χ1) is 8.70. The van der Waals surface area contributed by atoms with E-state index in [1.807, 2.05) is 0 Å². The molecule has 2 saturated heterocycles. The highest BCUT2D eigenvalue weighted by atomic mass is 16.5. The maximum absolute atomic E-state index is 6.17. The first kappa shape index (κ1) is 14.3. The molecule has 106 valence electrons. The summed E-state index contributed by atoms with van der Waals surface area (Å²) in [6, 6.07) is 0. The Labute approximate surface area is 111 Å². The first-order valence-corrected chi connectivity index (χ1v) is 7.49. The lowest BCUT2D eigenvalue weighted by Crippen LogP contribution is -2.59. The molecule has 2 unspecified atom stereocenters. The molecule has 0 bridgehead atoms. The molecule has 2 aliphatic rings. The molecule has 2 atom stereocenters.